The maximum atomic E-state index is 11.6. The highest BCUT2D eigenvalue weighted by atomic mass is 32.2. The van der Waals surface area contributed by atoms with Crippen molar-refractivity contribution < 1.29 is 8.42 Å². The van der Waals surface area contributed by atoms with Crippen LogP contribution >= 0.6 is 0 Å². The van der Waals surface area contributed by atoms with Crippen LogP contribution in [0.3, 0.4) is 0 Å². The largest absolute Gasteiger partial charge is 0.330 e. The van der Waals surface area contributed by atoms with Gasteiger partial charge in [-0.15, -0.1) is 0 Å². The zero-order valence-electron chi connectivity index (χ0n) is 10.0. The summed E-state index contributed by atoms with van der Waals surface area (Å²) in [4.78, 5) is 0. The first-order valence-corrected chi connectivity index (χ1v) is 6.74. The third-order valence-electron chi connectivity index (χ3n) is 2.25. The molecule has 0 aromatic carbocycles. The predicted octanol–water partition coefficient (Wildman–Crippen LogP) is 0.336. The molecule has 0 heterocycles. The van der Waals surface area contributed by atoms with Crippen LogP contribution in [-0.4, -0.2) is 26.5 Å². The predicted molar refractivity (Wildman–Crippen MR) is 62.7 cm³/mol. The standard InChI is InChI=1S/C9H23N3O2S/c1-5-9(4,6-7-10)12-15(13,14)11-8(2)3/h8,11-12H,5-7,10H2,1-4H3. The average Bonchev–Trinajstić information content (AvgIpc) is 2.00. The molecule has 1 atom stereocenters. The van der Waals surface area contributed by atoms with E-state index in [-0.39, 0.29) is 6.04 Å². The molecule has 0 aliphatic rings. The molecule has 0 bridgehead atoms. The third kappa shape index (κ3) is 6.09. The fraction of sp³-hybridized carbons (Fsp3) is 1.00. The molecule has 0 spiro atoms. The van der Waals surface area contributed by atoms with Crippen molar-refractivity contribution in [1.29, 1.82) is 0 Å². The zero-order chi connectivity index (χ0) is 12.1. The van der Waals surface area contributed by atoms with E-state index in [0.29, 0.717) is 19.4 Å². The zero-order valence-corrected chi connectivity index (χ0v) is 10.8. The summed E-state index contributed by atoms with van der Waals surface area (Å²) in [5, 5.41) is 0. The number of hydrogen-bond donors (Lipinski definition) is 3. The summed E-state index contributed by atoms with van der Waals surface area (Å²) in [7, 11) is -3.43. The fourth-order valence-electron chi connectivity index (χ4n) is 1.28. The van der Waals surface area contributed by atoms with Crippen LogP contribution in [0.5, 0.6) is 0 Å². The minimum atomic E-state index is -3.43. The Kier molecular flexibility index (Phi) is 5.72. The van der Waals surface area contributed by atoms with Crippen molar-refractivity contribution in [3.8, 4) is 0 Å². The van der Waals surface area contributed by atoms with Crippen LogP contribution in [0.15, 0.2) is 0 Å². The maximum Gasteiger partial charge on any atom is 0.277 e. The van der Waals surface area contributed by atoms with Gasteiger partial charge in [-0.25, -0.2) is 0 Å². The number of rotatable bonds is 7. The molecule has 92 valence electrons. The summed E-state index contributed by atoms with van der Waals surface area (Å²) >= 11 is 0. The van der Waals surface area contributed by atoms with Crippen LogP contribution in [0.4, 0.5) is 0 Å². The molecule has 0 fully saturated rings. The van der Waals surface area contributed by atoms with Crippen LogP contribution < -0.4 is 15.2 Å². The van der Waals surface area contributed by atoms with Gasteiger partial charge in [-0.05, 0) is 40.2 Å². The molecule has 0 saturated heterocycles. The summed E-state index contributed by atoms with van der Waals surface area (Å²) in [6, 6.07) is -0.110. The first kappa shape index (κ1) is 14.8. The summed E-state index contributed by atoms with van der Waals surface area (Å²) in [6.45, 7) is 7.83. The van der Waals surface area contributed by atoms with E-state index < -0.39 is 15.7 Å². The molecule has 0 radical (unpaired) electrons. The highest BCUT2D eigenvalue weighted by molar-refractivity contribution is 7.87. The van der Waals surface area contributed by atoms with E-state index in [9.17, 15) is 8.42 Å². The molecule has 0 rings (SSSR count). The van der Waals surface area contributed by atoms with Crippen molar-refractivity contribution in [2.75, 3.05) is 6.54 Å². The Labute approximate surface area is 93.0 Å². The molecule has 0 aliphatic heterocycles. The van der Waals surface area contributed by atoms with Gasteiger partial charge in [-0.3, -0.25) is 0 Å². The van der Waals surface area contributed by atoms with E-state index in [1.807, 2.05) is 13.8 Å². The number of hydrogen-bond acceptors (Lipinski definition) is 3. The quantitative estimate of drug-likeness (QED) is 0.597. The summed E-state index contributed by atoms with van der Waals surface area (Å²) < 4.78 is 28.4. The second kappa shape index (κ2) is 5.79. The van der Waals surface area contributed by atoms with Gasteiger partial charge in [0.25, 0.3) is 10.2 Å². The molecule has 0 amide bonds. The van der Waals surface area contributed by atoms with Gasteiger partial charge in [0.15, 0.2) is 0 Å². The van der Waals surface area contributed by atoms with Crippen LogP contribution in [-0.2, 0) is 10.2 Å². The third-order valence-corrected chi connectivity index (χ3v) is 3.79. The SMILES string of the molecule is CCC(C)(CCN)NS(=O)(=O)NC(C)C. The summed E-state index contributed by atoms with van der Waals surface area (Å²) in [6.07, 6.45) is 1.34. The Bertz CT molecular complexity index is 277. The Morgan fingerprint density at radius 3 is 2.27 bits per heavy atom. The van der Waals surface area contributed by atoms with Crippen LogP contribution in [0.2, 0.25) is 0 Å². The first-order chi connectivity index (χ1) is 6.74. The van der Waals surface area contributed by atoms with Crippen LogP contribution in [0, 0.1) is 0 Å². The lowest BCUT2D eigenvalue weighted by Gasteiger charge is -2.29. The molecule has 0 saturated carbocycles. The first-order valence-electron chi connectivity index (χ1n) is 5.26. The van der Waals surface area contributed by atoms with Crippen LogP contribution in [0.1, 0.15) is 40.5 Å². The number of nitrogens with two attached hydrogens (primary N) is 1. The second-order valence-electron chi connectivity index (χ2n) is 4.33. The minimum absolute atomic E-state index is 0.110. The van der Waals surface area contributed by atoms with E-state index >= 15 is 0 Å². The lowest BCUT2D eigenvalue weighted by molar-refractivity contribution is 0.375. The lowest BCUT2D eigenvalue weighted by Crippen LogP contribution is -2.52. The van der Waals surface area contributed by atoms with Gasteiger partial charge in [-0.2, -0.15) is 17.9 Å². The molecule has 0 aromatic heterocycles. The Balaban J connectivity index is 4.53. The normalized spacial score (nSPS) is 16.7. The monoisotopic (exact) mass is 237 g/mol. The van der Waals surface area contributed by atoms with E-state index in [1.54, 1.807) is 13.8 Å². The minimum Gasteiger partial charge on any atom is -0.330 e. The highest BCUT2D eigenvalue weighted by Gasteiger charge is 2.27. The van der Waals surface area contributed by atoms with Crippen molar-refractivity contribution in [3.05, 3.63) is 0 Å². The second-order valence-corrected chi connectivity index (χ2v) is 5.78. The van der Waals surface area contributed by atoms with E-state index in [2.05, 4.69) is 9.44 Å². The van der Waals surface area contributed by atoms with Gasteiger partial charge >= 0.3 is 0 Å². The van der Waals surface area contributed by atoms with E-state index in [4.69, 9.17) is 5.73 Å². The number of nitrogens with one attached hydrogen (secondary N) is 2. The molecule has 4 N–H and O–H groups in total. The molecule has 15 heavy (non-hydrogen) atoms. The van der Waals surface area contributed by atoms with Gasteiger partial charge in [-0.1, -0.05) is 6.92 Å². The van der Waals surface area contributed by atoms with Crippen molar-refractivity contribution in [2.24, 2.45) is 5.73 Å². The van der Waals surface area contributed by atoms with Gasteiger partial charge in [0.05, 0.1) is 0 Å². The van der Waals surface area contributed by atoms with Gasteiger partial charge < -0.3 is 5.73 Å². The average molecular weight is 237 g/mol. The van der Waals surface area contributed by atoms with Crippen LogP contribution in [0.25, 0.3) is 0 Å². The Hall–Kier alpha value is -0.170. The van der Waals surface area contributed by atoms with Crippen molar-refractivity contribution in [1.82, 2.24) is 9.44 Å². The Morgan fingerprint density at radius 2 is 1.93 bits per heavy atom. The Morgan fingerprint density at radius 1 is 1.40 bits per heavy atom. The van der Waals surface area contributed by atoms with Crippen molar-refractivity contribution in [2.45, 2.75) is 52.1 Å². The van der Waals surface area contributed by atoms with E-state index in [1.165, 1.54) is 0 Å². The highest BCUT2D eigenvalue weighted by Crippen LogP contribution is 2.14. The summed E-state index contributed by atoms with van der Waals surface area (Å²) in [5.74, 6) is 0. The molecule has 0 aliphatic carbocycles. The molecular weight excluding hydrogens is 214 g/mol. The molecule has 5 nitrogen and oxygen atoms in total. The summed E-state index contributed by atoms with van der Waals surface area (Å²) in [5.41, 5.74) is 4.99. The van der Waals surface area contributed by atoms with Crippen molar-refractivity contribution >= 4 is 10.2 Å². The molecular formula is C9H23N3O2S. The van der Waals surface area contributed by atoms with E-state index in [0.717, 1.165) is 0 Å². The smallest absolute Gasteiger partial charge is 0.277 e. The fourth-order valence-corrected chi connectivity index (χ4v) is 2.86. The molecule has 1 unspecified atom stereocenters. The molecule has 0 aromatic rings. The molecule has 6 heteroatoms. The van der Waals surface area contributed by atoms with Gasteiger partial charge in [0, 0.05) is 11.6 Å². The van der Waals surface area contributed by atoms with Crippen molar-refractivity contribution in [3.63, 3.8) is 0 Å². The topological polar surface area (TPSA) is 84.2 Å². The van der Waals surface area contributed by atoms with Gasteiger partial charge in [0.2, 0.25) is 0 Å². The lowest BCUT2D eigenvalue weighted by atomic mass is 9.96. The maximum absolute atomic E-state index is 11.6. The van der Waals surface area contributed by atoms with Gasteiger partial charge in [0.1, 0.15) is 0 Å².